The van der Waals surface area contributed by atoms with Crippen molar-refractivity contribution >= 4 is 44.7 Å². The molecule has 0 aliphatic carbocycles. The highest BCUT2D eigenvalue weighted by Gasteiger charge is 2.20. The maximum Gasteiger partial charge on any atom is 0.220 e. The summed E-state index contributed by atoms with van der Waals surface area (Å²) in [7, 11) is 0. The van der Waals surface area contributed by atoms with Gasteiger partial charge in [-0.1, -0.05) is 28.1 Å². The maximum absolute atomic E-state index is 11.1. The molecule has 0 bridgehead atoms. The third-order valence-electron chi connectivity index (χ3n) is 2.87. The largest absolute Gasteiger partial charge is 0.389 e. The Hall–Kier alpha value is -1.14. The summed E-state index contributed by atoms with van der Waals surface area (Å²) < 4.78 is 0.935. The zero-order chi connectivity index (χ0) is 13.1. The first kappa shape index (κ1) is 13.3. The smallest absolute Gasteiger partial charge is 0.220 e. The quantitative estimate of drug-likeness (QED) is 0.737. The zero-order valence-electron chi connectivity index (χ0n) is 9.70. The second-order valence-electron chi connectivity index (χ2n) is 4.24. The monoisotopic (exact) mass is 327 g/mol. The highest BCUT2D eigenvalue weighted by molar-refractivity contribution is 9.10. The number of halogens is 1. The summed E-state index contributed by atoms with van der Waals surface area (Å²) in [6.45, 7) is 0.684. The van der Waals surface area contributed by atoms with E-state index in [1.165, 1.54) is 0 Å². The van der Waals surface area contributed by atoms with Crippen LogP contribution in [0.3, 0.4) is 0 Å². The fourth-order valence-electron chi connectivity index (χ4n) is 1.94. The van der Waals surface area contributed by atoms with Gasteiger partial charge in [-0.25, -0.2) is 0 Å². The predicted molar refractivity (Wildman–Crippen MR) is 79.7 cm³/mol. The van der Waals surface area contributed by atoms with Crippen molar-refractivity contribution in [1.82, 2.24) is 5.32 Å². The van der Waals surface area contributed by atoms with E-state index in [-0.39, 0.29) is 11.9 Å². The Balaban J connectivity index is 2.04. The molecule has 1 unspecified atom stereocenters. The Morgan fingerprint density at radius 1 is 1.61 bits per heavy atom. The van der Waals surface area contributed by atoms with Gasteiger partial charge < -0.3 is 16.4 Å². The number of benzene rings is 1. The molecule has 1 aromatic rings. The summed E-state index contributed by atoms with van der Waals surface area (Å²) in [5.74, 6) is 0.118. The van der Waals surface area contributed by atoms with Gasteiger partial charge >= 0.3 is 0 Å². The van der Waals surface area contributed by atoms with Crippen LogP contribution in [0.4, 0.5) is 5.69 Å². The summed E-state index contributed by atoms with van der Waals surface area (Å²) in [5, 5.41) is 6.19. The molecule has 18 heavy (non-hydrogen) atoms. The molecule has 4 N–H and O–H groups in total. The molecule has 0 radical (unpaired) electrons. The molecular weight excluding hydrogens is 314 g/mol. The molecule has 1 amide bonds. The lowest BCUT2D eigenvalue weighted by Gasteiger charge is -2.15. The van der Waals surface area contributed by atoms with E-state index in [4.69, 9.17) is 18.0 Å². The number of nitrogens with two attached hydrogens (primary N) is 1. The Morgan fingerprint density at radius 3 is 3.00 bits per heavy atom. The average Bonchev–Trinajstić information content (AvgIpc) is 2.73. The van der Waals surface area contributed by atoms with E-state index in [9.17, 15) is 4.79 Å². The van der Waals surface area contributed by atoms with Gasteiger partial charge in [-0.05, 0) is 24.6 Å². The highest BCUT2D eigenvalue weighted by Crippen LogP contribution is 2.21. The van der Waals surface area contributed by atoms with Crippen molar-refractivity contribution in [3.05, 3.63) is 28.2 Å². The van der Waals surface area contributed by atoms with Gasteiger partial charge in [0.2, 0.25) is 5.91 Å². The van der Waals surface area contributed by atoms with Crippen molar-refractivity contribution in [1.29, 1.82) is 0 Å². The normalized spacial score (nSPS) is 18.5. The topological polar surface area (TPSA) is 67.1 Å². The van der Waals surface area contributed by atoms with E-state index in [2.05, 4.69) is 26.6 Å². The Labute approximate surface area is 119 Å². The number of hydrogen-bond donors (Lipinski definition) is 3. The van der Waals surface area contributed by atoms with Crippen molar-refractivity contribution in [3.8, 4) is 0 Å². The van der Waals surface area contributed by atoms with Crippen LogP contribution in [0, 0.1) is 0 Å². The van der Waals surface area contributed by atoms with Crippen LogP contribution in [-0.4, -0.2) is 23.5 Å². The zero-order valence-corrected chi connectivity index (χ0v) is 12.1. The molecule has 1 aromatic carbocycles. The number of anilines is 1. The molecule has 0 saturated carbocycles. The molecule has 1 aliphatic heterocycles. The number of hydrogen-bond acceptors (Lipinski definition) is 3. The van der Waals surface area contributed by atoms with Gasteiger partial charge in [-0.3, -0.25) is 4.79 Å². The first-order valence-corrected chi connectivity index (χ1v) is 6.89. The van der Waals surface area contributed by atoms with Crippen molar-refractivity contribution in [2.24, 2.45) is 5.73 Å². The van der Waals surface area contributed by atoms with Crippen LogP contribution in [0.25, 0.3) is 0 Å². The molecule has 1 aliphatic rings. The molecule has 96 valence electrons. The summed E-state index contributed by atoms with van der Waals surface area (Å²) in [5.41, 5.74) is 7.39. The van der Waals surface area contributed by atoms with Crippen LogP contribution in [0.1, 0.15) is 18.4 Å². The molecule has 1 atom stereocenters. The van der Waals surface area contributed by atoms with Crippen LogP contribution in [0.15, 0.2) is 22.7 Å². The van der Waals surface area contributed by atoms with Gasteiger partial charge in [0.15, 0.2) is 0 Å². The van der Waals surface area contributed by atoms with Crippen molar-refractivity contribution in [3.63, 3.8) is 0 Å². The lowest BCUT2D eigenvalue weighted by atomic mass is 10.1. The second kappa shape index (κ2) is 5.67. The van der Waals surface area contributed by atoms with Gasteiger partial charge in [0.25, 0.3) is 0 Å². The summed E-state index contributed by atoms with van der Waals surface area (Å²) in [6.07, 6.45) is 1.47. The molecule has 1 heterocycles. The SMILES string of the molecule is NC(=S)c1cc(Br)ccc1NCC1CCC(=O)N1. The Morgan fingerprint density at radius 2 is 2.39 bits per heavy atom. The molecule has 4 nitrogen and oxygen atoms in total. The standard InChI is InChI=1S/C12H14BrN3OS/c13-7-1-3-10(9(5-7)12(14)18)15-6-8-2-4-11(17)16-8/h1,3,5,8,15H,2,4,6H2,(H2,14,18)(H,16,17). The third-order valence-corrected chi connectivity index (χ3v) is 3.58. The Kier molecular flexibility index (Phi) is 4.19. The van der Waals surface area contributed by atoms with Crippen LogP contribution >= 0.6 is 28.1 Å². The van der Waals surface area contributed by atoms with E-state index in [1.807, 2.05) is 18.2 Å². The number of thiocarbonyl (C=S) groups is 1. The van der Waals surface area contributed by atoms with Crippen LogP contribution in [0.2, 0.25) is 0 Å². The fourth-order valence-corrected chi connectivity index (χ4v) is 2.47. The minimum absolute atomic E-state index is 0.118. The molecule has 1 fully saturated rings. The first-order chi connectivity index (χ1) is 8.56. The van der Waals surface area contributed by atoms with Crippen molar-refractivity contribution < 1.29 is 4.79 Å². The third kappa shape index (κ3) is 3.20. The van der Waals surface area contributed by atoms with Crippen LogP contribution < -0.4 is 16.4 Å². The average molecular weight is 328 g/mol. The lowest BCUT2D eigenvalue weighted by Crippen LogP contribution is -2.32. The molecule has 2 rings (SSSR count). The predicted octanol–water partition coefficient (Wildman–Crippen LogP) is 1.77. The van der Waals surface area contributed by atoms with E-state index < -0.39 is 0 Å². The van der Waals surface area contributed by atoms with Gasteiger partial charge in [-0.15, -0.1) is 0 Å². The molecule has 0 aromatic heterocycles. The first-order valence-electron chi connectivity index (χ1n) is 5.69. The Bertz CT molecular complexity index is 492. The minimum Gasteiger partial charge on any atom is -0.389 e. The van der Waals surface area contributed by atoms with E-state index >= 15 is 0 Å². The molecule has 6 heteroatoms. The molecule has 0 spiro atoms. The van der Waals surface area contributed by atoms with Gasteiger partial charge in [-0.2, -0.15) is 0 Å². The molecular formula is C12H14BrN3OS. The fraction of sp³-hybridized carbons (Fsp3) is 0.333. The van der Waals surface area contributed by atoms with E-state index in [0.717, 1.165) is 22.1 Å². The van der Waals surface area contributed by atoms with Gasteiger partial charge in [0.05, 0.1) is 0 Å². The maximum atomic E-state index is 11.1. The summed E-state index contributed by atoms with van der Waals surface area (Å²) in [6, 6.07) is 5.92. The highest BCUT2D eigenvalue weighted by atomic mass is 79.9. The summed E-state index contributed by atoms with van der Waals surface area (Å²) in [4.78, 5) is 11.5. The number of amides is 1. The van der Waals surface area contributed by atoms with E-state index in [0.29, 0.717) is 18.0 Å². The summed E-state index contributed by atoms with van der Waals surface area (Å²) >= 11 is 8.41. The van der Waals surface area contributed by atoms with E-state index in [1.54, 1.807) is 0 Å². The molecule has 1 saturated heterocycles. The van der Waals surface area contributed by atoms with Crippen molar-refractivity contribution in [2.75, 3.05) is 11.9 Å². The van der Waals surface area contributed by atoms with Gasteiger partial charge in [0, 0.05) is 34.7 Å². The second-order valence-corrected chi connectivity index (χ2v) is 5.59. The number of nitrogens with one attached hydrogen (secondary N) is 2. The number of carbonyl (C=O) groups excluding carboxylic acids is 1. The van der Waals surface area contributed by atoms with Gasteiger partial charge in [0.1, 0.15) is 4.99 Å². The van der Waals surface area contributed by atoms with Crippen LogP contribution in [0.5, 0.6) is 0 Å². The number of rotatable bonds is 4. The number of carbonyl (C=O) groups is 1. The minimum atomic E-state index is 0.118. The lowest BCUT2D eigenvalue weighted by molar-refractivity contribution is -0.119. The van der Waals surface area contributed by atoms with Crippen LogP contribution in [-0.2, 0) is 4.79 Å². The van der Waals surface area contributed by atoms with Crippen molar-refractivity contribution in [2.45, 2.75) is 18.9 Å².